The summed E-state index contributed by atoms with van der Waals surface area (Å²) in [5.74, 6) is 0.307. The molecule has 0 aliphatic rings. The van der Waals surface area contributed by atoms with Crippen LogP contribution in [0.25, 0.3) is 0 Å². The first-order valence-electron chi connectivity index (χ1n) is 8.73. The van der Waals surface area contributed by atoms with Crippen molar-refractivity contribution in [1.82, 2.24) is 9.78 Å². The smallest absolute Gasteiger partial charge is 0.358 e. The second-order valence-corrected chi connectivity index (χ2v) is 6.51. The highest BCUT2D eigenvalue weighted by molar-refractivity contribution is 6.30. The van der Waals surface area contributed by atoms with Gasteiger partial charge in [0.1, 0.15) is 12.4 Å². The summed E-state index contributed by atoms with van der Waals surface area (Å²) in [7, 11) is 0. The van der Waals surface area contributed by atoms with Crippen molar-refractivity contribution in [2.24, 2.45) is 0 Å². The first-order valence-corrected chi connectivity index (χ1v) is 9.11. The SMILES string of the molecule is CCOC(=O)c1cc(C)n(Cc2cc(Cl)ccc2OCc2ccccc2)n1. The zero-order chi connectivity index (χ0) is 19.2. The van der Waals surface area contributed by atoms with Crippen molar-refractivity contribution in [3.63, 3.8) is 0 Å². The largest absolute Gasteiger partial charge is 0.489 e. The van der Waals surface area contributed by atoms with Gasteiger partial charge in [-0.25, -0.2) is 4.79 Å². The van der Waals surface area contributed by atoms with Gasteiger partial charge < -0.3 is 9.47 Å². The Morgan fingerprint density at radius 1 is 1.15 bits per heavy atom. The molecule has 0 atom stereocenters. The van der Waals surface area contributed by atoms with Crippen molar-refractivity contribution < 1.29 is 14.3 Å². The van der Waals surface area contributed by atoms with Gasteiger partial charge in [0.25, 0.3) is 0 Å². The summed E-state index contributed by atoms with van der Waals surface area (Å²) in [4.78, 5) is 11.9. The highest BCUT2D eigenvalue weighted by atomic mass is 35.5. The number of rotatable bonds is 7. The normalized spacial score (nSPS) is 10.6. The fourth-order valence-corrected chi connectivity index (χ4v) is 2.88. The van der Waals surface area contributed by atoms with E-state index < -0.39 is 5.97 Å². The Morgan fingerprint density at radius 3 is 2.67 bits per heavy atom. The lowest BCUT2D eigenvalue weighted by Crippen LogP contribution is -2.09. The summed E-state index contributed by atoms with van der Waals surface area (Å²) < 4.78 is 12.8. The molecule has 3 aromatic rings. The van der Waals surface area contributed by atoms with Gasteiger partial charge in [0.05, 0.1) is 13.2 Å². The first kappa shape index (κ1) is 19.0. The van der Waals surface area contributed by atoms with Gasteiger partial charge in [-0.1, -0.05) is 41.9 Å². The molecular formula is C21H21ClN2O3. The number of aromatic nitrogens is 2. The lowest BCUT2D eigenvalue weighted by atomic mass is 10.2. The zero-order valence-electron chi connectivity index (χ0n) is 15.3. The molecule has 0 aliphatic carbocycles. The van der Waals surface area contributed by atoms with Crippen LogP contribution in [0, 0.1) is 6.92 Å². The number of hydrogen-bond acceptors (Lipinski definition) is 4. The highest BCUT2D eigenvalue weighted by Gasteiger charge is 2.15. The van der Waals surface area contributed by atoms with Crippen molar-refractivity contribution in [3.05, 3.63) is 82.1 Å². The molecule has 0 N–H and O–H groups in total. The summed E-state index contributed by atoms with van der Waals surface area (Å²) in [6.07, 6.45) is 0. The van der Waals surface area contributed by atoms with Crippen LogP contribution in [0.4, 0.5) is 0 Å². The molecule has 0 unspecified atom stereocenters. The van der Waals surface area contributed by atoms with E-state index in [1.54, 1.807) is 23.7 Å². The van der Waals surface area contributed by atoms with E-state index >= 15 is 0 Å². The maximum absolute atomic E-state index is 11.9. The summed E-state index contributed by atoms with van der Waals surface area (Å²) in [6, 6.07) is 17.2. The number of nitrogens with zero attached hydrogens (tertiary/aromatic N) is 2. The van der Waals surface area contributed by atoms with Gasteiger partial charge in [-0.2, -0.15) is 5.10 Å². The van der Waals surface area contributed by atoms with Crippen LogP contribution in [0.5, 0.6) is 5.75 Å². The van der Waals surface area contributed by atoms with E-state index in [0.717, 1.165) is 22.6 Å². The van der Waals surface area contributed by atoms with Crippen molar-refractivity contribution in [2.75, 3.05) is 6.61 Å². The Morgan fingerprint density at radius 2 is 1.93 bits per heavy atom. The molecule has 0 saturated carbocycles. The molecule has 0 bridgehead atoms. The minimum absolute atomic E-state index is 0.295. The molecule has 6 heteroatoms. The number of benzene rings is 2. The Hall–Kier alpha value is -2.79. The van der Waals surface area contributed by atoms with Crippen LogP contribution in [0.15, 0.2) is 54.6 Å². The number of hydrogen-bond donors (Lipinski definition) is 0. The first-order chi connectivity index (χ1) is 13.1. The van der Waals surface area contributed by atoms with Crippen molar-refractivity contribution in [3.8, 4) is 5.75 Å². The predicted molar refractivity (Wildman–Crippen MR) is 104 cm³/mol. The maximum atomic E-state index is 11.9. The number of esters is 1. The Labute approximate surface area is 163 Å². The third kappa shape index (κ3) is 4.89. The molecular weight excluding hydrogens is 364 g/mol. The number of ether oxygens (including phenoxy) is 2. The quantitative estimate of drug-likeness (QED) is 0.556. The number of aryl methyl sites for hydroxylation is 1. The van der Waals surface area contributed by atoms with Crippen LogP contribution in [-0.2, 0) is 17.9 Å². The van der Waals surface area contributed by atoms with E-state index in [-0.39, 0.29) is 0 Å². The molecule has 0 spiro atoms. The van der Waals surface area contributed by atoms with Crippen LogP contribution >= 0.6 is 11.6 Å². The highest BCUT2D eigenvalue weighted by Crippen LogP contribution is 2.25. The molecule has 3 rings (SSSR count). The van der Waals surface area contributed by atoms with Crippen molar-refractivity contribution in [1.29, 1.82) is 0 Å². The maximum Gasteiger partial charge on any atom is 0.358 e. The van der Waals surface area contributed by atoms with Gasteiger partial charge in [0.15, 0.2) is 5.69 Å². The third-order valence-electron chi connectivity index (χ3n) is 4.05. The van der Waals surface area contributed by atoms with E-state index in [2.05, 4.69) is 5.10 Å². The summed E-state index contributed by atoms with van der Waals surface area (Å²) >= 11 is 6.18. The monoisotopic (exact) mass is 384 g/mol. The average molecular weight is 385 g/mol. The molecule has 1 aromatic heterocycles. The summed E-state index contributed by atoms with van der Waals surface area (Å²) in [5, 5.41) is 4.97. The van der Waals surface area contributed by atoms with Crippen LogP contribution in [0.3, 0.4) is 0 Å². The molecule has 0 amide bonds. The second kappa shape index (κ2) is 8.73. The molecule has 2 aromatic carbocycles. The zero-order valence-corrected chi connectivity index (χ0v) is 16.1. The van der Waals surface area contributed by atoms with E-state index in [0.29, 0.717) is 30.5 Å². The van der Waals surface area contributed by atoms with Crippen LogP contribution in [0.1, 0.15) is 34.2 Å². The topological polar surface area (TPSA) is 53.4 Å². The van der Waals surface area contributed by atoms with Gasteiger partial charge in [0, 0.05) is 16.3 Å². The van der Waals surface area contributed by atoms with E-state index in [4.69, 9.17) is 21.1 Å². The standard InChI is InChI=1S/C21H21ClN2O3/c1-3-26-21(25)19-11-15(2)24(23-19)13-17-12-18(22)9-10-20(17)27-14-16-7-5-4-6-8-16/h4-12H,3,13-14H2,1-2H3. The van der Waals surface area contributed by atoms with Crippen LogP contribution < -0.4 is 4.74 Å². The molecule has 0 radical (unpaired) electrons. The second-order valence-electron chi connectivity index (χ2n) is 6.08. The molecule has 1 heterocycles. The molecule has 27 heavy (non-hydrogen) atoms. The predicted octanol–water partition coefficient (Wildman–Crippen LogP) is 4.65. The van der Waals surface area contributed by atoms with Crippen molar-refractivity contribution >= 4 is 17.6 Å². The minimum atomic E-state index is -0.425. The fourth-order valence-electron chi connectivity index (χ4n) is 2.68. The average Bonchev–Trinajstić information content (AvgIpc) is 3.03. The Balaban J connectivity index is 1.80. The lowest BCUT2D eigenvalue weighted by Gasteiger charge is -2.13. The van der Waals surface area contributed by atoms with E-state index in [1.807, 2.05) is 49.4 Å². The summed E-state index contributed by atoms with van der Waals surface area (Å²) in [5.41, 5.74) is 3.12. The lowest BCUT2D eigenvalue weighted by molar-refractivity contribution is 0.0518. The Kier molecular flexibility index (Phi) is 6.14. The van der Waals surface area contributed by atoms with E-state index in [1.165, 1.54) is 0 Å². The van der Waals surface area contributed by atoms with Gasteiger partial charge in [0.2, 0.25) is 0 Å². The van der Waals surface area contributed by atoms with Gasteiger partial charge >= 0.3 is 5.97 Å². The fraction of sp³-hybridized carbons (Fsp3) is 0.238. The molecule has 5 nitrogen and oxygen atoms in total. The molecule has 0 saturated heterocycles. The Bertz CT molecular complexity index is 922. The minimum Gasteiger partial charge on any atom is -0.489 e. The van der Waals surface area contributed by atoms with Crippen LogP contribution in [0.2, 0.25) is 5.02 Å². The van der Waals surface area contributed by atoms with Gasteiger partial charge in [-0.05, 0) is 43.7 Å². The van der Waals surface area contributed by atoms with Crippen LogP contribution in [-0.4, -0.2) is 22.4 Å². The number of halogens is 1. The van der Waals surface area contributed by atoms with Gasteiger partial charge in [-0.3, -0.25) is 4.68 Å². The third-order valence-corrected chi connectivity index (χ3v) is 4.28. The number of carbonyl (C=O) groups excluding carboxylic acids is 1. The molecule has 140 valence electrons. The van der Waals surface area contributed by atoms with Gasteiger partial charge in [-0.15, -0.1) is 0 Å². The molecule has 0 aliphatic heterocycles. The summed E-state index contributed by atoms with van der Waals surface area (Å²) in [6.45, 7) is 4.88. The number of carbonyl (C=O) groups is 1. The molecule has 0 fully saturated rings. The van der Waals surface area contributed by atoms with E-state index in [9.17, 15) is 4.79 Å². The van der Waals surface area contributed by atoms with Crippen molar-refractivity contribution in [2.45, 2.75) is 27.0 Å².